The third kappa shape index (κ3) is 2.40. The van der Waals surface area contributed by atoms with E-state index in [1.165, 1.54) is 0 Å². The van der Waals surface area contributed by atoms with Crippen LogP contribution in [0, 0.1) is 5.41 Å². The summed E-state index contributed by atoms with van der Waals surface area (Å²) in [6, 6.07) is -0.198. The number of carbonyl (C=O) groups excluding carboxylic acids is 2. The van der Waals surface area contributed by atoms with Gasteiger partial charge in [-0.3, -0.25) is 14.8 Å². The van der Waals surface area contributed by atoms with Crippen LogP contribution in [0.4, 0.5) is 0 Å². The Morgan fingerprint density at radius 3 is 2.60 bits per heavy atom. The SMILES string of the molecule is CC1c2nc(C(=O)NO)cn2CCN1C(=O)C(C)(C)C. The van der Waals surface area contributed by atoms with Crippen molar-refractivity contribution in [3.05, 3.63) is 17.7 Å². The predicted molar refractivity (Wildman–Crippen MR) is 71.1 cm³/mol. The number of aromatic nitrogens is 2. The fraction of sp³-hybridized carbons (Fsp3) is 0.615. The zero-order valence-corrected chi connectivity index (χ0v) is 12.2. The number of carbonyl (C=O) groups is 2. The molecule has 0 aromatic carbocycles. The summed E-state index contributed by atoms with van der Waals surface area (Å²) in [4.78, 5) is 29.8. The van der Waals surface area contributed by atoms with Gasteiger partial charge in [0.1, 0.15) is 11.5 Å². The molecule has 0 bridgehead atoms. The number of nitrogens with one attached hydrogen (secondary N) is 1. The molecule has 2 rings (SSSR count). The van der Waals surface area contributed by atoms with Crippen molar-refractivity contribution in [1.29, 1.82) is 0 Å². The van der Waals surface area contributed by atoms with Gasteiger partial charge >= 0.3 is 0 Å². The number of rotatable bonds is 1. The first kappa shape index (κ1) is 14.5. The molecule has 2 N–H and O–H groups in total. The van der Waals surface area contributed by atoms with E-state index in [1.54, 1.807) is 16.6 Å². The summed E-state index contributed by atoms with van der Waals surface area (Å²) in [7, 11) is 0. The maximum absolute atomic E-state index is 12.4. The maximum Gasteiger partial charge on any atom is 0.294 e. The Bertz CT molecular complexity index is 544. The van der Waals surface area contributed by atoms with E-state index in [9.17, 15) is 9.59 Å². The predicted octanol–water partition coefficient (Wildman–Crippen LogP) is 0.951. The molecule has 1 aliphatic rings. The molecule has 1 aliphatic heterocycles. The zero-order chi connectivity index (χ0) is 15.1. The summed E-state index contributed by atoms with van der Waals surface area (Å²) in [5, 5.41) is 8.65. The average molecular weight is 280 g/mol. The highest BCUT2D eigenvalue weighted by Crippen LogP contribution is 2.29. The molecule has 2 amide bonds. The van der Waals surface area contributed by atoms with Crippen LogP contribution in [0.15, 0.2) is 6.20 Å². The summed E-state index contributed by atoms with van der Waals surface area (Å²) in [6.07, 6.45) is 1.59. The van der Waals surface area contributed by atoms with Crippen molar-refractivity contribution in [1.82, 2.24) is 19.9 Å². The number of hydrogen-bond donors (Lipinski definition) is 2. The molecule has 1 aromatic rings. The minimum atomic E-state index is -0.646. The van der Waals surface area contributed by atoms with E-state index in [2.05, 4.69) is 4.98 Å². The third-order valence-electron chi connectivity index (χ3n) is 3.47. The van der Waals surface area contributed by atoms with Crippen molar-refractivity contribution in [2.45, 2.75) is 40.3 Å². The second-order valence-corrected chi connectivity index (χ2v) is 6.04. The average Bonchev–Trinajstić information content (AvgIpc) is 2.81. The lowest BCUT2D eigenvalue weighted by Gasteiger charge is -2.37. The highest BCUT2D eigenvalue weighted by atomic mass is 16.5. The van der Waals surface area contributed by atoms with E-state index in [0.29, 0.717) is 18.9 Å². The minimum Gasteiger partial charge on any atom is -0.331 e. The standard InChI is InChI=1S/C13H20N4O3/c1-8-10-14-9(11(18)15-20)7-16(10)5-6-17(8)12(19)13(2,3)4/h7-8,20H,5-6H2,1-4H3,(H,15,18). The molecule has 110 valence electrons. The Hall–Kier alpha value is -1.89. The Balaban J connectivity index is 2.30. The van der Waals surface area contributed by atoms with Gasteiger partial charge < -0.3 is 9.47 Å². The number of hydroxylamine groups is 1. The second-order valence-electron chi connectivity index (χ2n) is 6.04. The molecule has 0 aliphatic carbocycles. The van der Waals surface area contributed by atoms with Crippen LogP contribution in [0.25, 0.3) is 0 Å². The van der Waals surface area contributed by atoms with Crippen molar-refractivity contribution >= 4 is 11.8 Å². The van der Waals surface area contributed by atoms with Crippen LogP contribution in [0.1, 0.15) is 50.0 Å². The topological polar surface area (TPSA) is 87.5 Å². The van der Waals surface area contributed by atoms with Crippen LogP contribution in [-0.2, 0) is 11.3 Å². The van der Waals surface area contributed by atoms with Crippen LogP contribution in [-0.4, -0.2) is 38.0 Å². The molecule has 0 spiro atoms. The smallest absolute Gasteiger partial charge is 0.294 e. The van der Waals surface area contributed by atoms with Gasteiger partial charge in [-0.05, 0) is 6.92 Å². The van der Waals surface area contributed by atoms with Gasteiger partial charge in [-0.25, -0.2) is 10.5 Å². The summed E-state index contributed by atoms with van der Waals surface area (Å²) >= 11 is 0. The van der Waals surface area contributed by atoms with E-state index in [1.807, 2.05) is 32.3 Å². The zero-order valence-electron chi connectivity index (χ0n) is 12.2. The quantitative estimate of drug-likeness (QED) is 0.592. The van der Waals surface area contributed by atoms with Crippen molar-refractivity contribution in [3.63, 3.8) is 0 Å². The first-order valence-electron chi connectivity index (χ1n) is 6.58. The molecule has 0 saturated carbocycles. The van der Waals surface area contributed by atoms with Crippen molar-refractivity contribution in [2.24, 2.45) is 5.41 Å². The lowest BCUT2D eigenvalue weighted by atomic mass is 9.93. The maximum atomic E-state index is 12.4. The Morgan fingerprint density at radius 2 is 2.05 bits per heavy atom. The largest absolute Gasteiger partial charge is 0.331 e. The van der Waals surface area contributed by atoms with Crippen molar-refractivity contribution < 1.29 is 14.8 Å². The van der Waals surface area contributed by atoms with Gasteiger partial charge in [-0.2, -0.15) is 0 Å². The number of nitrogens with zero attached hydrogens (tertiary/aromatic N) is 3. The van der Waals surface area contributed by atoms with E-state index >= 15 is 0 Å². The molecule has 1 atom stereocenters. The molecule has 0 radical (unpaired) electrons. The van der Waals surface area contributed by atoms with E-state index in [0.717, 1.165) is 0 Å². The minimum absolute atomic E-state index is 0.0624. The van der Waals surface area contributed by atoms with E-state index in [4.69, 9.17) is 5.21 Å². The molecule has 2 heterocycles. The van der Waals surface area contributed by atoms with Crippen LogP contribution in [0.5, 0.6) is 0 Å². The van der Waals surface area contributed by atoms with Gasteiger partial charge in [0.2, 0.25) is 5.91 Å². The molecule has 1 unspecified atom stereocenters. The van der Waals surface area contributed by atoms with Crippen LogP contribution >= 0.6 is 0 Å². The summed E-state index contributed by atoms with van der Waals surface area (Å²) < 4.78 is 1.85. The highest BCUT2D eigenvalue weighted by Gasteiger charge is 2.35. The molecule has 0 saturated heterocycles. The highest BCUT2D eigenvalue weighted by molar-refractivity contribution is 5.91. The van der Waals surface area contributed by atoms with Gasteiger partial charge in [0.25, 0.3) is 5.91 Å². The van der Waals surface area contributed by atoms with Gasteiger partial charge in [0, 0.05) is 24.7 Å². The molecule has 1 aromatic heterocycles. The van der Waals surface area contributed by atoms with Gasteiger partial charge in [-0.1, -0.05) is 20.8 Å². The molecule has 7 heteroatoms. The Labute approximate surface area is 117 Å². The van der Waals surface area contributed by atoms with Crippen LogP contribution in [0.3, 0.4) is 0 Å². The van der Waals surface area contributed by atoms with Gasteiger partial charge in [0.05, 0.1) is 6.04 Å². The fourth-order valence-corrected chi connectivity index (χ4v) is 2.37. The summed E-state index contributed by atoms with van der Waals surface area (Å²) in [5.41, 5.74) is 1.27. The van der Waals surface area contributed by atoms with E-state index in [-0.39, 0.29) is 17.6 Å². The lowest BCUT2D eigenvalue weighted by Crippen LogP contribution is -2.46. The third-order valence-corrected chi connectivity index (χ3v) is 3.47. The molecule has 0 fully saturated rings. The Kier molecular flexibility index (Phi) is 3.56. The summed E-state index contributed by atoms with van der Waals surface area (Å²) in [5.74, 6) is 0.0765. The molecular weight excluding hydrogens is 260 g/mol. The van der Waals surface area contributed by atoms with Gasteiger partial charge in [-0.15, -0.1) is 0 Å². The monoisotopic (exact) mass is 280 g/mol. The molecule has 7 nitrogen and oxygen atoms in total. The molecular formula is C13H20N4O3. The van der Waals surface area contributed by atoms with Gasteiger partial charge in [0.15, 0.2) is 0 Å². The first-order chi connectivity index (χ1) is 9.25. The normalized spacial score (nSPS) is 18.6. The Morgan fingerprint density at radius 1 is 1.40 bits per heavy atom. The number of hydrogen-bond acceptors (Lipinski definition) is 4. The second kappa shape index (κ2) is 4.90. The van der Waals surface area contributed by atoms with E-state index < -0.39 is 11.3 Å². The number of imidazole rings is 1. The lowest BCUT2D eigenvalue weighted by molar-refractivity contribution is -0.143. The number of fused-ring (bicyclic) bond motifs is 1. The summed E-state index contributed by atoms with van der Waals surface area (Å²) in [6.45, 7) is 8.71. The first-order valence-corrected chi connectivity index (χ1v) is 6.58. The van der Waals surface area contributed by atoms with Crippen LogP contribution < -0.4 is 5.48 Å². The van der Waals surface area contributed by atoms with Crippen molar-refractivity contribution in [3.8, 4) is 0 Å². The number of amides is 2. The van der Waals surface area contributed by atoms with Crippen molar-refractivity contribution in [2.75, 3.05) is 6.54 Å². The fourth-order valence-electron chi connectivity index (χ4n) is 2.37. The van der Waals surface area contributed by atoms with Crippen LogP contribution in [0.2, 0.25) is 0 Å². The molecule has 20 heavy (non-hydrogen) atoms.